The van der Waals surface area contributed by atoms with E-state index in [4.69, 9.17) is 5.73 Å². The van der Waals surface area contributed by atoms with E-state index < -0.39 is 17.7 Å². The Morgan fingerprint density at radius 3 is 2.37 bits per heavy atom. The molecule has 2 N–H and O–H groups in total. The molecule has 0 heterocycles. The predicted octanol–water partition coefficient (Wildman–Crippen LogP) is 2.44. The molecule has 0 aliphatic carbocycles. The van der Waals surface area contributed by atoms with E-state index in [2.05, 4.69) is 0 Å². The minimum absolute atomic E-state index is 0.0920. The van der Waals surface area contributed by atoms with E-state index in [0.29, 0.717) is 13.0 Å². The Morgan fingerprint density at radius 2 is 1.89 bits per heavy atom. The summed E-state index contributed by atoms with van der Waals surface area (Å²) in [5, 5.41) is 0. The lowest BCUT2D eigenvalue weighted by molar-refractivity contribution is -0.133. The van der Waals surface area contributed by atoms with Crippen LogP contribution in [0.15, 0.2) is 18.2 Å². The van der Waals surface area contributed by atoms with Crippen LogP contribution in [0.25, 0.3) is 0 Å². The van der Waals surface area contributed by atoms with E-state index in [1.54, 1.807) is 6.92 Å². The van der Waals surface area contributed by atoms with Crippen LogP contribution in [-0.2, 0) is 11.3 Å². The number of halogens is 2. The van der Waals surface area contributed by atoms with E-state index in [0.717, 1.165) is 6.42 Å². The molecular weight excluding hydrogens is 250 g/mol. The van der Waals surface area contributed by atoms with Crippen LogP contribution in [0.3, 0.4) is 0 Å². The first-order chi connectivity index (χ1) is 9.01. The normalized spacial score (nSPS) is 12.3. The van der Waals surface area contributed by atoms with Crippen LogP contribution >= 0.6 is 0 Å². The number of hydrogen-bond donors (Lipinski definition) is 1. The number of carbonyl (C=O) groups excluding carboxylic acids is 1. The molecule has 1 rings (SSSR count). The molecule has 19 heavy (non-hydrogen) atoms. The molecule has 0 radical (unpaired) electrons. The second-order valence-corrected chi connectivity index (χ2v) is 4.45. The number of carbonyl (C=O) groups is 1. The molecular formula is C14H20F2N2O. The van der Waals surface area contributed by atoms with Gasteiger partial charge >= 0.3 is 0 Å². The largest absolute Gasteiger partial charge is 0.337 e. The molecule has 3 nitrogen and oxygen atoms in total. The highest BCUT2D eigenvalue weighted by molar-refractivity contribution is 5.81. The lowest BCUT2D eigenvalue weighted by Gasteiger charge is -2.24. The number of likely N-dealkylation sites (N-methyl/N-ethyl adjacent to an activating group) is 1. The van der Waals surface area contributed by atoms with Crippen molar-refractivity contribution in [3.05, 3.63) is 35.4 Å². The molecule has 0 aliphatic rings. The summed E-state index contributed by atoms with van der Waals surface area (Å²) in [6, 6.07) is 3.06. The smallest absolute Gasteiger partial charge is 0.239 e. The van der Waals surface area contributed by atoms with Crippen molar-refractivity contribution < 1.29 is 13.6 Å². The van der Waals surface area contributed by atoms with Gasteiger partial charge in [-0.2, -0.15) is 0 Å². The highest BCUT2D eigenvalue weighted by Crippen LogP contribution is 2.15. The molecule has 1 atom stereocenters. The number of amides is 1. The summed E-state index contributed by atoms with van der Waals surface area (Å²) in [7, 11) is 0. The number of nitrogens with zero attached hydrogens (tertiary/aromatic N) is 1. The minimum atomic E-state index is -0.643. The van der Waals surface area contributed by atoms with Gasteiger partial charge in [-0.15, -0.1) is 0 Å². The molecule has 0 saturated carbocycles. The van der Waals surface area contributed by atoms with Crippen molar-refractivity contribution in [1.82, 2.24) is 4.90 Å². The van der Waals surface area contributed by atoms with Gasteiger partial charge in [0, 0.05) is 12.1 Å². The van der Waals surface area contributed by atoms with Crippen LogP contribution in [-0.4, -0.2) is 23.4 Å². The highest BCUT2D eigenvalue weighted by Gasteiger charge is 2.21. The van der Waals surface area contributed by atoms with E-state index in [9.17, 15) is 13.6 Å². The topological polar surface area (TPSA) is 46.3 Å². The van der Waals surface area contributed by atoms with Gasteiger partial charge in [0.1, 0.15) is 11.6 Å². The van der Waals surface area contributed by atoms with Gasteiger partial charge in [-0.3, -0.25) is 4.79 Å². The third-order valence-corrected chi connectivity index (χ3v) is 3.02. The first-order valence-electron chi connectivity index (χ1n) is 6.48. The molecule has 1 aromatic carbocycles. The SMILES string of the molecule is CCCC(N)C(=O)N(CC)Cc1c(F)cccc1F. The van der Waals surface area contributed by atoms with E-state index in [1.807, 2.05) is 6.92 Å². The van der Waals surface area contributed by atoms with Gasteiger partial charge in [0.2, 0.25) is 5.91 Å². The summed E-state index contributed by atoms with van der Waals surface area (Å²) in [5.74, 6) is -1.56. The van der Waals surface area contributed by atoms with Crippen LogP contribution in [0, 0.1) is 11.6 Å². The molecule has 1 aromatic rings. The second-order valence-electron chi connectivity index (χ2n) is 4.45. The van der Waals surface area contributed by atoms with Gasteiger partial charge < -0.3 is 10.6 Å². The Morgan fingerprint density at radius 1 is 1.32 bits per heavy atom. The molecule has 0 saturated heterocycles. The maximum atomic E-state index is 13.6. The van der Waals surface area contributed by atoms with Crippen LogP contribution in [0.4, 0.5) is 8.78 Å². The van der Waals surface area contributed by atoms with Crippen molar-refractivity contribution in [2.75, 3.05) is 6.54 Å². The van der Waals surface area contributed by atoms with Gasteiger partial charge in [-0.05, 0) is 25.5 Å². The molecule has 0 aromatic heterocycles. The van der Waals surface area contributed by atoms with Gasteiger partial charge in [0.15, 0.2) is 0 Å². The van der Waals surface area contributed by atoms with Crippen LogP contribution in [0.1, 0.15) is 32.3 Å². The Kier molecular flexibility index (Phi) is 5.89. The Balaban J connectivity index is 2.85. The van der Waals surface area contributed by atoms with E-state index >= 15 is 0 Å². The number of benzene rings is 1. The minimum Gasteiger partial charge on any atom is -0.337 e. The van der Waals surface area contributed by atoms with Crippen LogP contribution in [0.2, 0.25) is 0 Å². The van der Waals surface area contributed by atoms with Crippen LogP contribution in [0.5, 0.6) is 0 Å². The molecule has 106 valence electrons. The highest BCUT2D eigenvalue weighted by atomic mass is 19.1. The summed E-state index contributed by atoms with van der Waals surface area (Å²) in [6.07, 6.45) is 1.35. The first kappa shape index (κ1) is 15.6. The quantitative estimate of drug-likeness (QED) is 0.863. The summed E-state index contributed by atoms with van der Waals surface area (Å²) in [6.45, 7) is 3.96. The maximum absolute atomic E-state index is 13.6. The fourth-order valence-corrected chi connectivity index (χ4v) is 1.89. The fraction of sp³-hybridized carbons (Fsp3) is 0.500. The zero-order valence-electron chi connectivity index (χ0n) is 11.3. The first-order valence-corrected chi connectivity index (χ1v) is 6.48. The fourth-order valence-electron chi connectivity index (χ4n) is 1.89. The zero-order valence-corrected chi connectivity index (χ0v) is 11.3. The Hall–Kier alpha value is -1.49. The number of rotatable bonds is 6. The third-order valence-electron chi connectivity index (χ3n) is 3.02. The van der Waals surface area contributed by atoms with Crippen molar-refractivity contribution in [2.45, 2.75) is 39.3 Å². The van der Waals surface area contributed by atoms with Crippen molar-refractivity contribution in [3.8, 4) is 0 Å². The van der Waals surface area contributed by atoms with Crippen molar-refractivity contribution in [3.63, 3.8) is 0 Å². The molecule has 5 heteroatoms. The average molecular weight is 270 g/mol. The second kappa shape index (κ2) is 7.19. The zero-order chi connectivity index (χ0) is 14.4. The van der Waals surface area contributed by atoms with E-state index in [-0.39, 0.29) is 18.0 Å². The monoisotopic (exact) mass is 270 g/mol. The number of nitrogens with two attached hydrogens (primary N) is 1. The van der Waals surface area contributed by atoms with Gasteiger partial charge in [0.25, 0.3) is 0 Å². The van der Waals surface area contributed by atoms with Crippen molar-refractivity contribution in [1.29, 1.82) is 0 Å². The summed E-state index contributed by atoms with van der Waals surface area (Å²) in [5.41, 5.74) is 5.66. The van der Waals surface area contributed by atoms with Crippen molar-refractivity contribution >= 4 is 5.91 Å². The standard InChI is InChI=1S/C14H20F2N2O/c1-3-6-13(17)14(19)18(4-2)9-10-11(15)7-5-8-12(10)16/h5,7-8,13H,3-4,6,9,17H2,1-2H3. The average Bonchev–Trinajstić information content (AvgIpc) is 2.38. The predicted molar refractivity (Wildman–Crippen MR) is 70.3 cm³/mol. The van der Waals surface area contributed by atoms with Crippen LogP contribution < -0.4 is 5.73 Å². The molecule has 0 spiro atoms. The van der Waals surface area contributed by atoms with Gasteiger partial charge in [-0.1, -0.05) is 19.4 Å². The van der Waals surface area contributed by atoms with Gasteiger partial charge in [0.05, 0.1) is 12.6 Å². The Labute approximate surface area is 112 Å². The third kappa shape index (κ3) is 3.99. The molecule has 0 bridgehead atoms. The van der Waals surface area contributed by atoms with E-state index in [1.165, 1.54) is 23.1 Å². The lowest BCUT2D eigenvalue weighted by Crippen LogP contribution is -2.43. The summed E-state index contributed by atoms with van der Waals surface area (Å²) < 4.78 is 27.1. The number of hydrogen-bond acceptors (Lipinski definition) is 2. The summed E-state index contributed by atoms with van der Waals surface area (Å²) >= 11 is 0. The maximum Gasteiger partial charge on any atom is 0.239 e. The molecule has 1 unspecified atom stereocenters. The van der Waals surface area contributed by atoms with Gasteiger partial charge in [-0.25, -0.2) is 8.78 Å². The molecule has 1 amide bonds. The lowest BCUT2D eigenvalue weighted by atomic mass is 10.1. The molecule has 0 fully saturated rings. The molecule has 0 aliphatic heterocycles. The Bertz CT molecular complexity index is 417. The summed E-state index contributed by atoms with van der Waals surface area (Å²) in [4.78, 5) is 13.4. The van der Waals surface area contributed by atoms with Crippen molar-refractivity contribution in [2.24, 2.45) is 5.73 Å².